The summed E-state index contributed by atoms with van der Waals surface area (Å²) in [6.07, 6.45) is 5.45. The Morgan fingerprint density at radius 1 is 1.03 bits per heavy atom. The zero-order chi connectivity index (χ0) is 20.7. The van der Waals surface area contributed by atoms with Crippen molar-refractivity contribution in [2.45, 2.75) is 31.2 Å². The molecule has 8 heteroatoms. The predicted molar refractivity (Wildman–Crippen MR) is 111 cm³/mol. The number of halogens is 2. The van der Waals surface area contributed by atoms with E-state index in [1.165, 1.54) is 18.5 Å². The molecule has 2 fully saturated rings. The van der Waals surface area contributed by atoms with E-state index in [2.05, 4.69) is 24.8 Å². The van der Waals surface area contributed by atoms with E-state index in [9.17, 15) is 13.6 Å². The molecule has 2 aromatic heterocycles. The summed E-state index contributed by atoms with van der Waals surface area (Å²) >= 11 is 0. The highest BCUT2D eigenvalue weighted by Crippen LogP contribution is 2.37. The zero-order valence-electron chi connectivity index (χ0n) is 16.5. The standard InChI is InChI=1S/C22H23F2N5O/c23-16-12-25-22(26-13-16)29-8-6-28(7-9-29)17-5-4-14(10-17)19-11-15-2-1-3-18(24)20(15)21(30)27-19/h1-3,11-14,17H,4-10H2,(H,27,30)/t14-,17-/m1/s1. The van der Waals surface area contributed by atoms with Gasteiger partial charge in [-0.05, 0) is 36.8 Å². The minimum absolute atomic E-state index is 0.134. The number of fused-ring (bicyclic) bond motifs is 1. The van der Waals surface area contributed by atoms with E-state index in [1.807, 2.05) is 6.07 Å². The Kier molecular flexibility index (Phi) is 4.94. The summed E-state index contributed by atoms with van der Waals surface area (Å²) in [5, 5.41) is 0.792. The van der Waals surface area contributed by atoms with Crippen LogP contribution in [0.4, 0.5) is 14.7 Å². The molecule has 3 heterocycles. The average molecular weight is 411 g/mol. The molecule has 0 amide bonds. The van der Waals surface area contributed by atoms with Gasteiger partial charge in [-0.3, -0.25) is 9.69 Å². The first-order valence-corrected chi connectivity index (χ1v) is 10.4. The van der Waals surface area contributed by atoms with E-state index in [0.717, 1.165) is 51.1 Å². The molecule has 0 bridgehead atoms. The summed E-state index contributed by atoms with van der Waals surface area (Å²) in [6.45, 7) is 3.41. The number of pyridine rings is 1. The molecule has 1 aliphatic carbocycles. The molecule has 1 N–H and O–H groups in total. The van der Waals surface area contributed by atoms with E-state index in [0.29, 0.717) is 17.4 Å². The second-order valence-corrected chi connectivity index (χ2v) is 8.15. The van der Waals surface area contributed by atoms with Gasteiger partial charge in [0.1, 0.15) is 5.82 Å². The molecular weight excluding hydrogens is 388 g/mol. The number of anilines is 1. The van der Waals surface area contributed by atoms with Gasteiger partial charge < -0.3 is 9.88 Å². The lowest BCUT2D eigenvalue weighted by atomic mass is 10.00. The van der Waals surface area contributed by atoms with Crippen molar-refractivity contribution in [1.82, 2.24) is 19.9 Å². The normalized spacial score (nSPS) is 22.7. The van der Waals surface area contributed by atoms with Gasteiger partial charge in [-0.2, -0.15) is 0 Å². The topological polar surface area (TPSA) is 65.1 Å². The van der Waals surface area contributed by atoms with E-state index in [-0.39, 0.29) is 16.9 Å². The molecule has 1 aliphatic heterocycles. The van der Waals surface area contributed by atoms with Gasteiger partial charge in [-0.15, -0.1) is 0 Å². The van der Waals surface area contributed by atoms with Crippen molar-refractivity contribution in [3.05, 3.63) is 64.3 Å². The Morgan fingerprint density at radius 2 is 1.80 bits per heavy atom. The minimum Gasteiger partial charge on any atom is -0.338 e. The van der Waals surface area contributed by atoms with Crippen molar-refractivity contribution >= 4 is 16.7 Å². The number of aromatic nitrogens is 3. The lowest BCUT2D eigenvalue weighted by molar-refractivity contribution is 0.185. The van der Waals surface area contributed by atoms with Crippen molar-refractivity contribution < 1.29 is 8.78 Å². The molecule has 0 radical (unpaired) electrons. The van der Waals surface area contributed by atoms with E-state index in [4.69, 9.17) is 0 Å². The summed E-state index contributed by atoms with van der Waals surface area (Å²) < 4.78 is 27.0. The summed E-state index contributed by atoms with van der Waals surface area (Å²) in [4.78, 5) is 28.0. The molecule has 0 spiro atoms. The second-order valence-electron chi connectivity index (χ2n) is 8.15. The Labute approximate surface area is 172 Å². The fourth-order valence-electron chi connectivity index (χ4n) is 4.85. The van der Waals surface area contributed by atoms with Gasteiger partial charge in [-0.1, -0.05) is 12.1 Å². The molecule has 1 saturated carbocycles. The Bertz CT molecular complexity index is 1110. The maximum Gasteiger partial charge on any atom is 0.259 e. The van der Waals surface area contributed by atoms with Crippen LogP contribution in [0.2, 0.25) is 0 Å². The van der Waals surface area contributed by atoms with Gasteiger partial charge in [-0.25, -0.2) is 18.7 Å². The van der Waals surface area contributed by atoms with Crippen molar-refractivity contribution in [2.75, 3.05) is 31.1 Å². The second kappa shape index (κ2) is 7.75. The van der Waals surface area contributed by atoms with Crippen LogP contribution >= 0.6 is 0 Å². The number of hydrogen-bond acceptors (Lipinski definition) is 5. The number of nitrogens with zero attached hydrogens (tertiary/aromatic N) is 4. The van der Waals surface area contributed by atoms with E-state index in [1.54, 1.807) is 12.1 Å². The van der Waals surface area contributed by atoms with Crippen LogP contribution in [0.15, 0.2) is 41.5 Å². The molecule has 1 aromatic carbocycles. The first-order chi connectivity index (χ1) is 14.6. The number of benzene rings is 1. The van der Waals surface area contributed by atoms with Gasteiger partial charge in [0.05, 0.1) is 17.8 Å². The first-order valence-electron chi connectivity index (χ1n) is 10.4. The predicted octanol–water partition coefficient (Wildman–Crippen LogP) is 3.05. The van der Waals surface area contributed by atoms with Crippen LogP contribution in [0.3, 0.4) is 0 Å². The Balaban J connectivity index is 1.25. The molecule has 2 atom stereocenters. The highest BCUT2D eigenvalue weighted by atomic mass is 19.1. The molecule has 0 unspecified atom stereocenters. The molecule has 6 nitrogen and oxygen atoms in total. The summed E-state index contributed by atoms with van der Waals surface area (Å²) in [5.74, 6) is -0.0633. The van der Waals surface area contributed by atoms with Crippen molar-refractivity contribution in [3.63, 3.8) is 0 Å². The smallest absolute Gasteiger partial charge is 0.259 e. The van der Waals surface area contributed by atoms with Gasteiger partial charge >= 0.3 is 0 Å². The van der Waals surface area contributed by atoms with Crippen LogP contribution in [0, 0.1) is 11.6 Å². The monoisotopic (exact) mass is 411 g/mol. The molecule has 2 aliphatic rings. The molecule has 30 heavy (non-hydrogen) atoms. The maximum absolute atomic E-state index is 14.0. The molecule has 3 aromatic rings. The third-order valence-corrected chi connectivity index (χ3v) is 6.41. The minimum atomic E-state index is -0.479. The Morgan fingerprint density at radius 3 is 2.57 bits per heavy atom. The number of aromatic amines is 1. The van der Waals surface area contributed by atoms with Crippen LogP contribution in [0.5, 0.6) is 0 Å². The largest absolute Gasteiger partial charge is 0.338 e. The van der Waals surface area contributed by atoms with Crippen LogP contribution in [0.25, 0.3) is 10.8 Å². The van der Waals surface area contributed by atoms with E-state index < -0.39 is 11.6 Å². The van der Waals surface area contributed by atoms with Crippen LogP contribution in [-0.4, -0.2) is 52.1 Å². The highest BCUT2D eigenvalue weighted by Gasteiger charge is 2.33. The molecular formula is C22H23F2N5O. The summed E-state index contributed by atoms with van der Waals surface area (Å²) in [7, 11) is 0. The fraction of sp³-hybridized carbons (Fsp3) is 0.409. The molecule has 5 rings (SSSR count). The number of hydrogen-bond donors (Lipinski definition) is 1. The zero-order valence-corrected chi connectivity index (χ0v) is 16.5. The SMILES string of the molecule is O=c1[nH]c([C@@H]2CC[C@@H](N3CCN(c4ncc(F)cn4)CC3)C2)cc2cccc(F)c12. The van der Waals surface area contributed by atoms with Crippen molar-refractivity contribution in [2.24, 2.45) is 0 Å². The van der Waals surface area contributed by atoms with Gasteiger partial charge in [0, 0.05) is 43.8 Å². The number of H-pyrrole nitrogens is 1. The molecule has 1 saturated heterocycles. The van der Waals surface area contributed by atoms with Crippen molar-refractivity contribution in [1.29, 1.82) is 0 Å². The lowest BCUT2D eigenvalue weighted by Crippen LogP contribution is -2.50. The van der Waals surface area contributed by atoms with Crippen LogP contribution in [0.1, 0.15) is 30.9 Å². The molecule has 156 valence electrons. The average Bonchev–Trinajstić information content (AvgIpc) is 3.25. The third-order valence-electron chi connectivity index (χ3n) is 6.41. The van der Waals surface area contributed by atoms with Gasteiger partial charge in [0.2, 0.25) is 5.95 Å². The van der Waals surface area contributed by atoms with E-state index >= 15 is 0 Å². The lowest BCUT2D eigenvalue weighted by Gasteiger charge is -2.38. The fourth-order valence-corrected chi connectivity index (χ4v) is 4.85. The highest BCUT2D eigenvalue weighted by molar-refractivity contribution is 5.82. The van der Waals surface area contributed by atoms with Crippen molar-refractivity contribution in [3.8, 4) is 0 Å². The Hall–Kier alpha value is -2.87. The number of rotatable bonds is 3. The summed E-state index contributed by atoms with van der Waals surface area (Å²) in [5.41, 5.74) is 0.552. The van der Waals surface area contributed by atoms with Gasteiger partial charge in [0.25, 0.3) is 5.56 Å². The van der Waals surface area contributed by atoms with Crippen LogP contribution in [-0.2, 0) is 0 Å². The summed E-state index contributed by atoms with van der Waals surface area (Å²) in [6, 6.07) is 7.14. The third kappa shape index (κ3) is 3.56. The van der Waals surface area contributed by atoms with Crippen LogP contribution < -0.4 is 10.5 Å². The quantitative estimate of drug-likeness (QED) is 0.718. The maximum atomic E-state index is 14.0. The first kappa shape index (κ1) is 19.1. The number of nitrogens with one attached hydrogen (secondary N) is 1. The number of piperazine rings is 1. The van der Waals surface area contributed by atoms with Gasteiger partial charge in [0.15, 0.2) is 5.82 Å².